The van der Waals surface area contributed by atoms with E-state index in [1.54, 1.807) is 5.57 Å². The van der Waals surface area contributed by atoms with Gasteiger partial charge in [0.05, 0.1) is 0 Å². The molecule has 2 aliphatic carbocycles. The summed E-state index contributed by atoms with van der Waals surface area (Å²) in [7, 11) is 0. The van der Waals surface area contributed by atoms with Crippen LogP contribution in [-0.2, 0) is 0 Å². The van der Waals surface area contributed by atoms with Crippen molar-refractivity contribution in [2.75, 3.05) is 0 Å². The molecule has 0 heterocycles. The zero-order valence-electron chi connectivity index (χ0n) is 6.14. The summed E-state index contributed by atoms with van der Waals surface area (Å²) in [6.07, 6.45) is 9.25. The lowest BCUT2D eigenvalue weighted by Gasteiger charge is -2.19. The van der Waals surface area contributed by atoms with E-state index in [1.807, 2.05) is 0 Å². The van der Waals surface area contributed by atoms with Crippen molar-refractivity contribution < 1.29 is 0 Å². The van der Waals surface area contributed by atoms with Crippen LogP contribution in [0.4, 0.5) is 0 Å². The Morgan fingerprint density at radius 1 is 1.50 bits per heavy atom. The number of allylic oxidation sites excluding steroid dienone is 3. The van der Waals surface area contributed by atoms with Crippen molar-refractivity contribution in [2.45, 2.75) is 31.7 Å². The second-order valence-corrected chi connectivity index (χ2v) is 3.24. The van der Waals surface area contributed by atoms with Crippen molar-refractivity contribution in [3.63, 3.8) is 0 Å². The minimum absolute atomic E-state index is 0.432. The van der Waals surface area contributed by atoms with Gasteiger partial charge in [0.25, 0.3) is 0 Å². The van der Waals surface area contributed by atoms with E-state index >= 15 is 0 Å². The van der Waals surface area contributed by atoms with Crippen LogP contribution in [0.5, 0.6) is 0 Å². The second kappa shape index (κ2) is 2.24. The van der Waals surface area contributed by atoms with Gasteiger partial charge < -0.3 is 5.73 Å². The van der Waals surface area contributed by atoms with E-state index in [4.69, 9.17) is 5.73 Å². The SMILES string of the molecule is NC1CCC2=C(C=CC2)C1. The lowest BCUT2D eigenvalue weighted by Crippen LogP contribution is -2.23. The average Bonchev–Trinajstić information content (AvgIpc) is 2.33. The van der Waals surface area contributed by atoms with E-state index in [2.05, 4.69) is 12.2 Å². The highest BCUT2D eigenvalue weighted by molar-refractivity contribution is 5.36. The largest absolute Gasteiger partial charge is 0.327 e. The van der Waals surface area contributed by atoms with Crippen molar-refractivity contribution in [1.29, 1.82) is 0 Å². The summed E-state index contributed by atoms with van der Waals surface area (Å²) in [4.78, 5) is 0. The van der Waals surface area contributed by atoms with Crippen LogP contribution < -0.4 is 5.73 Å². The predicted molar refractivity (Wildman–Crippen MR) is 42.6 cm³/mol. The summed E-state index contributed by atoms with van der Waals surface area (Å²) in [6.45, 7) is 0. The third-order valence-electron chi connectivity index (χ3n) is 2.44. The van der Waals surface area contributed by atoms with Gasteiger partial charge in [-0.3, -0.25) is 0 Å². The Bertz CT molecular complexity index is 201. The third-order valence-corrected chi connectivity index (χ3v) is 2.44. The van der Waals surface area contributed by atoms with Crippen LogP contribution >= 0.6 is 0 Å². The van der Waals surface area contributed by atoms with Crippen molar-refractivity contribution in [1.82, 2.24) is 0 Å². The van der Waals surface area contributed by atoms with Gasteiger partial charge in [-0.1, -0.05) is 17.7 Å². The van der Waals surface area contributed by atoms with Crippen molar-refractivity contribution >= 4 is 0 Å². The molecule has 1 unspecified atom stereocenters. The molecule has 1 heteroatoms. The molecule has 0 fully saturated rings. The van der Waals surface area contributed by atoms with Gasteiger partial charge >= 0.3 is 0 Å². The van der Waals surface area contributed by atoms with Crippen LogP contribution in [0, 0.1) is 0 Å². The molecule has 54 valence electrons. The van der Waals surface area contributed by atoms with Gasteiger partial charge in [-0.2, -0.15) is 0 Å². The van der Waals surface area contributed by atoms with Crippen molar-refractivity contribution in [3.8, 4) is 0 Å². The Kier molecular flexibility index (Phi) is 1.38. The zero-order chi connectivity index (χ0) is 6.97. The van der Waals surface area contributed by atoms with E-state index in [0.717, 1.165) is 6.42 Å². The summed E-state index contributed by atoms with van der Waals surface area (Å²) in [6, 6.07) is 0.432. The van der Waals surface area contributed by atoms with E-state index in [1.165, 1.54) is 24.8 Å². The highest BCUT2D eigenvalue weighted by Crippen LogP contribution is 2.31. The standard InChI is InChI=1S/C9H13N/c10-9-5-4-7-2-1-3-8(7)6-9/h1,3,9H,2,4-6,10H2. The first-order valence-corrected chi connectivity index (χ1v) is 3.99. The van der Waals surface area contributed by atoms with Gasteiger partial charge in [0, 0.05) is 6.04 Å². The van der Waals surface area contributed by atoms with Crippen LogP contribution in [0.15, 0.2) is 23.3 Å². The lowest BCUT2D eigenvalue weighted by molar-refractivity contribution is 0.576. The van der Waals surface area contributed by atoms with Gasteiger partial charge in [-0.15, -0.1) is 0 Å². The van der Waals surface area contributed by atoms with Gasteiger partial charge in [-0.05, 0) is 31.3 Å². The molecule has 0 amide bonds. The zero-order valence-corrected chi connectivity index (χ0v) is 6.14. The Balaban J connectivity index is 2.19. The van der Waals surface area contributed by atoms with E-state index in [0.29, 0.717) is 6.04 Å². The molecule has 2 aliphatic rings. The first kappa shape index (κ1) is 6.17. The second-order valence-electron chi connectivity index (χ2n) is 3.24. The molecule has 0 saturated heterocycles. The fraction of sp³-hybridized carbons (Fsp3) is 0.556. The quantitative estimate of drug-likeness (QED) is 0.538. The molecule has 10 heavy (non-hydrogen) atoms. The van der Waals surface area contributed by atoms with E-state index in [-0.39, 0.29) is 0 Å². The molecule has 1 nitrogen and oxygen atoms in total. The topological polar surface area (TPSA) is 26.0 Å². The average molecular weight is 135 g/mol. The maximum Gasteiger partial charge on any atom is 0.00823 e. The molecule has 0 saturated carbocycles. The third kappa shape index (κ3) is 0.907. The molecule has 0 spiro atoms. The maximum atomic E-state index is 5.82. The first-order chi connectivity index (χ1) is 4.86. The Morgan fingerprint density at radius 2 is 2.40 bits per heavy atom. The molecule has 0 aliphatic heterocycles. The molecular formula is C9H13N. The summed E-state index contributed by atoms with van der Waals surface area (Å²) in [5.74, 6) is 0. The lowest BCUT2D eigenvalue weighted by atomic mass is 9.90. The molecular weight excluding hydrogens is 122 g/mol. The normalized spacial score (nSPS) is 31.1. The van der Waals surface area contributed by atoms with Crippen molar-refractivity contribution in [2.24, 2.45) is 5.73 Å². The molecule has 0 aromatic rings. The summed E-state index contributed by atoms with van der Waals surface area (Å²) >= 11 is 0. The number of hydrogen-bond donors (Lipinski definition) is 1. The van der Waals surface area contributed by atoms with Crippen molar-refractivity contribution in [3.05, 3.63) is 23.3 Å². The number of hydrogen-bond acceptors (Lipinski definition) is 1. The molecule has 1 atom stereocenters. The molecule has 0 bridgehead atoms. The number of rotatable bonds is 0. The summed E-state index contributed by atoms with van der Waals surface area (Å²) in [5, 5.41) is 0. The van der Waals surface area contributed by atoms with Crippen LogP contribution in [0.3, 0.4) is 0 Å². The highest BCUT2D eigenvalue weighted by atomic mass is 14.6. The minimum Gasteiger partial charge on any atom is -0.327 e. The molecule has 0 aromatic carbocycles. The van der Waals surface area contributed by atoms with Gasteiger partial charge in [0.2, 0.25) is 0 Å². The fourth-order valence-corrected chi connectivity index (χ4v) is 1.81. The molecule has 2 N–H and O–H groups in total. The Morgan fingerprint density at radius 3 is 3.30 bits per heavy atom. The van der Waals surface area contributed by atoms with Crippen LogP contribution in [-0.4, -0.2) is 6.04 Å². The Labute approximate surface area is 61.6 Å². The highest BCUT2D eigenvalue weighted by Gasteiger charge is 2.17. The predicted octanol–water partition coefficient (Wildman–Crippen LogP) is 1.75. The molecule has 0 radical (unpaired) electrons. The molecule has 0 aromatic heterocycles. The monoisotopic (exact) mass is 135 g/mol. The van der Waals surface area contributed by atoms with E-state index < -0.39 is 0 Å². The van der Waals surface area contributed by atoms with Crippen LogP contribution in [0.1, 0.15) is 25.7 Å². The minimum atomic E-state index is 0.432. The number of nitrogens with two attached hydrogens (primary N) is 1. The van der Waals surface area contributed by atoms with Crippen LogP contribution in [0.25, 0.3) is 0 Å². The fourth-order valence-electron chi connectivity index (χ4n) is 1.81. The van der Waals surface area contributed by atoms with Crippen LogP contribution in [0.2, 0.25) is 0 Å². The van der Waals surface area contributed by atoms with Gasteiger partial charge in [0.1, 0.15) is 0 Å². The Hall–Kier alpha value is -0.560. The first-order valence-electron chi connectivity index (χ1n) is 3.99. The smallest absolute Gasteiger partial charge is 0.00823 e. The van der Waals surface area contributed by atoms with Gasteiger partial charge in [0.15, 0.2) is 0 Å². The molecule has 2 rings (SSSR count). The summed E-state index contributed by atoms with van der Waals surface area (Å²) in [5.41, 5.74) is 8.99. The maximum absolute atomic E-state index is 5.82. The van der Waals surface area contributed by atoms with E-state index in [9.17, 15) is 0 Å². The van der Waals surface area contributed by atoms with Gasteiger partial charge in [-0.25, -0.2) is 0 Å². The summed E-state index contributed by atoms with van der Waals surface area (Å²) < 4.78 is 0.